The van der Waals surface area contributed by atoms with Crippen LogP contribution in [0, 0.1) is 0 Å². The molecule has 7 nitrogen and oxygen atoms in total. The van der Waals surface area contributed by atoms with Crippen LogP contribution in [0.4, 0.5) is 0 Å². The Kier molecular flexibility index (Phi) is 8.41. The molecule has 1 heterocycles. The second-order valence-corrected chi connectivity index (χ2v) is 5.00. The van der Waals surface area contributed by atoms with Gasteiger partial charge < -0.3 is 20.1 Å². The van der Waals surface area contributed by atoms with Crippen LogP contribution in [0.5, 0.6) is 0 Å². The highest BCUT2D eigenvalue weighted by atomic mass is 35.5. The summed E-state index contributed by atoms with van der Waals surface area (Å²) in [6.45, 7) is 2.90. The summed E-state index contributed by atoms with van der Waals surface area (Å²) in [6, 6.07) is 7.94. The summed E-state index contributed by atoms with van der Waals surface area (Å²) in [6.07, 6.45) is 6.74. The number of rotatable bonds is 6. The van der Waals surface area contributed by atoms with Gasteiger partial charge >= 0.3 is 11.9 Å². The smallest absolute Gasteiger partial charge is 0.414 e. The number of aromatic nitrogens is 2. The summed E-state index contributed by atoms with van der Waals surface area (Å²) in [5.41, 5.74) is 1.26. The minimum absolute atomic E-state index is 0.786. The van der Waals surface area contributed by atoms with Gasteiger partial charge in [-0.1, -0.05) is 23.7 Å². The molecule has 0 saturated carbocycles. The number of carbonyl (C=O) groups is 2. The van der Waals surface area contributed by atoms with Crippen LogP contribution in [0.1, 0.15) is 12.0 Å². The number of carboxylic acids is 2. The quantitative estimate of drug-likeness (QED) is 0.548. The third-order valence-electron chi connectivity index (χ3n) is 2.75. The van der Waals surface area contributed by atoms with Gasteiger partial charge in [0, 0.05) is 30.5 Å². The molecule has 1 aromatic heterocycles. The number of halogens is 1. The fourth-order valence-electron chi connectivity index (χ4n) is 1.64. The first-order chi connectivity index (χ1) is 11.0. The van der Waals surface area contributed by atoms with Gasteiger partial charge in [-0.05, 0) is 30.7 Å². The number of nitrogens with zero attached hydrogens (tertiary/aromatic N) is 2. The molecule has 0 unspecified atom stereocenters. The SMILES string of the molecule is Clc1ccc(CNCCCn2ccnc2)cc1.O=C(O)C(=O)O. The molecule has 0 atom stereocenters. The first-order valence-corrected chi connectivity index (χ1v) is 7.24. The van der Waals surface area contributed by atoms with Crippen molar-refractivity contribution < 1.29 is 19.8 Å². The van der Waals surface area contributed by atoms with Gasteiger partial charge in [-0.3, -0.25) is 0 Å². The van der Waals surface area contributed by atoms with Gasteiger partial charge in [0.1, 0.15) is 0 Å². The van der Waals surface area contributed by atoms with Crippen molar-refractivity contribution in [1.82, 2.24) is 14.9 Å². The Morgan fingerprint density at radius 3 is 2.35 bits per heavy atom. The van der Waals surface area contributed by atoms with E-state index in [9.17, 15) is 0 Å². The van der Waals surface area contributed by atoms with Crippen molar-refractivity contribution in [2.75, 3.05) is 6.54 Å². The lowest BCUT2D eigenvalue weighted by Gasteiger charge is -2.05. The van der Waals surface area contributed by atoms with Gasteiger partial charge in [-0.2, -0.15) is 0 Å². The minimum atomic E-state index is -1.82. The number of aryl methyl sites for hydroxylation is 1. The maximum Gasteiger partial charge on any atom is 0.414 e. The third-order valence-corrected chi connectivity index (χ3v) is 3.01. The zero-order chi connectivity index (χ0) is 17.1. The van der Waals surface area contributed by atoms with Crippen LogP contribution in [0.25, 0.3) is 0 Å². The van der Waals surface area contributed by atoms with Crippen LogP contribution in [0.2, 0.25) is 5.02 Å². The molecule has 2 rings (SSSR count). The number of benzene rings is 1. The maximum absolute atomic E-state index is 9.10. The average Bonchev–Trinajstić information content (AvgIpc) is 3.02. The average molecular weight is 340 g/mol. The van der Waals surface area contributed by atoms with Crippen LogP contribution >= 0.6 is 11.6 Å². The van der Waals surface area contributed by atoms with Gasteiger partial charge in [0.05, 0.1) is 6.33 Å². The van der Waals surface area contributed by atoms with Crippen molar-refractivity contribution in [2.45, 2.75) is 19.5 Å². The monoisotopic (exact) mass is 339 g/mol. The van der Waals surface area contributed by atoms with Crippen LogP contribution in [-0.2, 0) is 22.7 Å². The molecule has 1 aromatic carbocycles. The Morgan fingerprint density at radius 1 is 1.17 bits per heavy atom. The summed E-state index contributed by atoms with van der Waals surface area (Å²) in [7, 11) is 0. The fourth-order valence-corrected chi connectivity index (χ4v) is 1.77. The number of nitrogens with one attached hydrogen (secondary N) is 1. The summed E-state index contributed by atoms with van der Waals surface area (Å²) in [5, 5.41) is 19.0. The van der Waals surface area contributed by atoms with E-state index in [0.29, 0.717) is 0 Å². The lowest BCUT2D eigenvalue weighted by molar-refractivity contribution is -0.159. The molecule has 23 heavy (non-hydrogen) atoms. The topological polar surface area (TPSA) is 104 Å². The molecule has 0 amide bonds. The van der Waals surface area contributed by atoms with Crippen LogP contribution < -0.4 is 5.32 Å². The van der Waals surface area contributed by atoms with Crippen molar-refractivity contribution in [3.8, 4) is 0 Å². The summed E-state index contributed by atoms with van der Waals surface area (Å²) >= 11 is 5.82. The molecule has 0 spiro atoms. The first-order valence-electron chi connectivity index (χ1n) is 6.86. The summed E-state index contributed by atoms with van der Waals surface area (Å²) in [4.78, 5) is 22.2. The number of hydrogen-bond acceptors (Lipinski definition) is 4. The molecule has 3 N–H and O–H groups in total. The predicted octanol–water partition coefficient (Wildman–Crippen LogP) is 1.87. The lowest BCUT2D eigenvalue weighted by atomic mass is 10.2. The van der Waals surface area contributed by atoms with E-state index >= 15 is 0 Å². The Morgan fingerprint density at radius 2 is 1.83 bits per heavy atom. The lowest BCUT2D eigenvalue weighted by Crippen LogP contribution is -2.16. The molecule has 0 aliphatic heterocycles. The van der Waals surface area contributed by atoms with Crippen molar-refractivity contribution >= 4 is 23.5 Å². The normalized spacial score (nSPS) is 9.78. The highest BCUT2D eigenvalue weighted by Crippen LogP contribution is 2.08. The highest BCUT2D eigenvalue weighted by Gasteiger charge is 2.04. The molecule has 0 radical (unpaired) electrons. The number of aliphatic carboxylic acids is 2. The van der Waals surface area contributed by atoms with Crippen molar-refractivity contribution in [3.05, 3.63) is 53.6 Å². The van der Waals surface area contributed by atoms with Crippen molar-refractivity contribution in [3.63, 3.8) is 0 Å². The van der Waals surface area contributed by atoms with E-state index in [1.165, 1.54) is 5.56 Å². The summed E-state index contributed by atoms with van der Waals surface area (Å²) < 4.78 is 2.09. The van der Waals surface area contributed by atoms with E-state index in [-0.39, 0.29) is 0 Å². The number of hydrogen-bond donors (Lipinski definition) is 3. The van der Waals surface area contributed by atoms with Crippen LogP contribution in [-0.4, -0.2) is 38.2 Å². The second kappa shape index (κ2) is 10.4. The summed E-state index contributed by atoms with van der Waals surface area (Å²) in [5.74, 6) is -3.65. The first kappa shape index (κ1) is 18.7. The second-order valence-electron chi connectivity index (χ2n) is 4.57. The standard InChI is InChI=1S/C13H16ClN3.C2H2O4/c14-13-4-2-12(3-5-13)10-15-6-1-8-17-9-7-16-11-17;3-1(4)2(5)6/h2-5,7,9,11,15H,1,6,8,10H2;(H,3,4)(H,5,6). The van der Waals surface area contributed by atoms with Gasteiger partial charge in [0.2, 0.25) is 0 Å². The largest absolute Gasteiger partial charge is 0.473 e. The molecule has 8 heteroatoms. The van der Waals surface area contributed by atoms with Crippen molar-refractivity contribution in [2.24, 2.45) is 0 Å². The van der Waals surface area contributed by atoms with Gasteiger partial charge in [-0.15, -0.1) is 0 Å². The molecule has 2 aromatic rings. The van der Waals surface area contributed by atoms with Crippen LogP contribution in [0.3, 0.4) is 0 Å². The van der Waals surface area contributed by atoms with E-state index in [1.54, 1.807) is 6.20 Å². The Balaban J connectivity index is 0.000000379. The van der Waals surface area contributed by atoms with Crippen molar-refractivity contribution in [1.29, 1.82) is 0 Å². The van der Waals surface area contributed by atoms with Gasteiger partial charge in [0.15, 0.2) is 0 Å². The van der Waals surface area contributed by atoms with Crippen LogP contribution in [0.15, 0.2) is 43.0 Å². The molecule has 0 saturated heterocycles. The molecule has 124 valence electrons. The van der Waals surface area contributed by atoms with E-state index in [2.05, 4.69) is 14.9 Å². The van der Waals surface area contributed by atoms with E-state index < -0.39 is 11.9 Å². The molecular formula is C15H18ClN3O4. The Bertz CT molecular complexity index is 588. The van der Waals surface area contributed by atoms with Gasteiger partial charge in [0.25, 0.3) is 0 Å². The molecule has 0 aliphatic carbocycles. The zero-order valence-corrected chi connectivity index (χ0v) is 13.1. The van der Waals surface area contributed by atoms with E-state index in [0.717, 1.165) is 31.1 Å². The maximum atomic E-state index is 9.10. The highest BCUT2D eigenvalue weighted by molar-refractivity contribution is 6.30. The molecule has 0 fully saturated rings. The predicted molar refractivity (Wildman–Crippen MR) is 85.3 cm³/mol. The molecular weight excluding hydrogens is 322 g/mol. The zero-order valence-electron chi connectivity index (χ0n) is 12.4. The third kappa shape index (κ3) is 8.60. The molecule has 0 bridgehead atoms. The van der Waals surface area contributed by atoms with E-state index in [1.807, 2.05) is 36.8 Å². The van der Waals surface area contributed by atoms with E-state index in [4.69, 9.17) is 31.4 Å². The molecule has 0 aliphatic rings. The van der Waals surface area contributed by atoms with Gasteiger partial charge in [-0.25, -0.2) is 14.6 Å². The number of imidazole rings is 1. The number of carboxylic acid groups (broad SMARTS) is 2. The minimum Gasteiger partial charge on any atom is -0.473 e. The fraction of sp³-hybridized carbons (Fsp3) is 0.267. The Hall–Kier alpha value is -2.38. The Labute approximate surface area is 138 Å².